The molecule has 3 N–H and O–H groups in total. The van der Waals surface area contributed by atoms with Gasteiger partial charge in [0.15, 0.2) is 0 Å². The van der Waals surface area contributed by atoms with Crippen LogP contribution in [0.15, 0.2) is 35.1 Å². The zero-order valence-electron chi connectivity index (χ0n) is 7.18. The first-order valence-electron chi connectivity index (χ1n) is 3.96. The van der Waals surface area contributed by atoms with Crippen molar-refractivity contribution in [3.63, 3.8) is 0 Å². The summed E-state index contributed by atoms with van der Waals surface area (Å²) in [6.07, 6.45) is 3.47. The zero-order chi connectivity index (χ0) is 10.1. The van der Waals surface area contributed by atoms with Crippen molar-refractivity contribution in [2.24, 2.45) is 0 Å². The first-order valence-corrected chi connectivity index (χ1v) is 4.75. The average molecular weight is 254 g/mol. The Labute approximate surface area is 89.1 Å². The third-order valence-electron chi connectivity index (χ3n) is 1.83. The number of benzene rings is 1. The Bertz CT molecular complexity index is 467. The molecule has 0 aliphatic rings. The molecule has 0 spiro atoms. The van der Waals surface area contributed by atoms with E-state index in [4.69, 9.17) is 5.73 Å². The number of halogens is 1. The minimum Gasteiger partial charge on any atom is -0.506 e. The van der Waals surface area contributed by atoms with E-state index in [-0.39, 0.29) is 5.75 Å². The summed E-state index contributed by atoms with van der Waals surface area (Å²) in [6.45, 7) is 0. The van der Waals surface area contributed by atoms with Gasteiger partial charge in [0.05, 0.1) is 22.0 Å². The lowest BCUT2D eigenvalue weighted by molar-refractivity contribution is 0.477. The Kier molecular flexibility index (Phi) is 2.17. The molecule has 0 unspecified atom stereocenters. The van der Waals surface area contributed by atoms with Gasteiger partial charge in [-0.25, -0.2) is 4.68 Å². The molecule has 1 heterocycles. The van der Waals surface area contributed by atoms with Crippen LogP contribution in [0.3, 0.4) is 0 Å². The fraction of sp³-hybridized carbons (Fsp3) is 0. The second-order valence-electron chi connectivity index (χ2n) is 2.85. The van der Waals surface area contributed by atoms with Crippen LogP contribution >= 0.6 is 15.9 Å². The highest BCUT2D eigenvalue weighted by Gasteiger charge is 2.02. The Morgan fingerprint density at radius 2 is 2.21 bits per heavy atom. The third-order valence-corrected chi connectivity index (χ3v) is 2.24. The van der Waals surface area contributed by atoms with Gasteiger partial charge in [0.2, 0.25) is 0 Å². The molecule has 72 valence electrons. The summed E-state index contributed by atoms with van der Waals surface area (Å²) in [5.74, 6) is 0.0640. The number of aromatic nitrogens is 2. The molecule has 2 aromatic rings. The minimum atomic E-state index is 0.0640. The van der Waals surface area contributed by atoms with E-state index in [0.29, 0.717) is 5.69 Å². The number of hydrogen-bond acceptors (Lipinski definition) is 3. The highest BCUT2D eigenvalue weighted by molar-refractivity contribution is 9.10. The Hall–Kier alpha value is -1.49. The van der Waals surface area contributed by atoms with Crippen molar-refractivity contribution >= 4 is 21.6 Å². The van der Waals surface area contributed by atoms with Crippen LogP contribution in [-0.2, 0) is 0 Å². The molecule has 0 radical (unpaired) electrons. The van der Waals surface area contributed by atoms with Gasteiger partial charge in [-0.3, -0.25) is 0 Å². The van der Waals surface area contributed by atoms with E-state index < -0.39 is 0 Å². The van der Waals surface area contributed by atoms with Crippen LogP contribution in [-0.4, -0.2) is 14.9 Å². The van der Waals surface area contributed by atoms with Crippen molar-refractivity contribution in [2.45, 2.75) is 0 Å². The van der Waals surface area contributed by atoms with Gasteiger partial charge in [-0.15, -0.1) is 0 Å². The van der Waals surface area contributed by atoms with Gasteiger partial charge in [-0.1, -0.05) is 0 Å². The molecule has 4 nitrogen and oxygen atoms in total. The van der Waals surface area contributed by atoms with E-state index in [2.05, 4.69) is 21.0 Å². The molecule has 0 amide bonds. The molecule has 0 atom stereocenters. The number of nitrogens with two attached hydrogens (primary N) is 1. The number of nitrogens with zero attached hydrogens (tertiary/aromatic N) is 2. The summed E-state index contributed by atoms with van der Waals surface area (Å²) in [7, 11) is 0. The normalized spacial score (nSPS) is 10.4. The molecule has 2 rings (SSSR count). The van der Waals surface area contributed by atoms with Gasteiger partial charge >= 0.3 is 0 Å². The molecular weight excluding hydrogens is 246 g/mol. The summed E-state index contributed by atoms with van der Waals surface area (Å²) in [5, 5.41) is 13.5. The molecule has 14 heavy (non-hydrogen) atoms. The van der Waals surface area contributed by atoms with Crippen LogP contribution < -0.4 is 5.73 Å². The van der Waals surface area contributed by atoms with Crippen LogP contribution in [0.25, 0.3) is 5.69 Å². The number of rotatable bonds is 1. The Balaban J connectivity index is 2.47. The molecule has 0 saturated carbocycles. The van der Waals surface area contributed by atoms with E-state index in [1.54, 1.807) is 35.3 Å². The lowest BCUT2D eigenvalue weighted by Gasteiger charge is -2.03. The number of aromatic hydroxyl groups is 1. The predicted molar refractivity (Wildman–Crippen MR) is 57.3 cm³/mol. The van der Waals surface area contributed by atoms with Crippen LogP contribution in [0, 0.1) is 0 Å². The summed E-state index contributed by atoms with van der Waals surface area (Å²) in [4.78, 5) is 0. The van der Waals surface area contributed by atoms with E-state index in [9.17, 15) is 5.11 Å². The van der Waals surface area contributed by atoms with Crippen molar-refractivity contribution < 1.29 is 5.11 Å². The minimum absolute atomic E-state index is 0.0640. The van der Waals surface area contributed by atoms with Gasteiger partial charge in [-0.05, 0) is 28.1 Å². The van der Waals surface area contributed by atoms with Crippen LogP contribution in [0.5, 0.6) is 5.75 Å². The van der Waals surface area contributed by atoms with Crippen molar-refractivity contribution in [3.05, 3.63) is 35.1 Å². The zero-order valence-corrected chi connectivity index (χ0v) is 8.77. The SMILES string of the molecule is Nc1ccc(-n2cc(Br)cn2)cc1O. The van der Waals surface area contributed by atoms with Crippen LogP contribution in [0.4, 0.5) is 5.69 Å². The first-order chi connectivity index (χ1) is 6.66. The van der Waals surface area contributed by atoms with Crippen LogP contribution in [0.2, 0.25) is 0 Å². The fourth-order valence-electron chi connectivity index (χ4n) is 1.12. The maximum atomic E-state index is 9.39. The van der Waals surface area contributed by atoms with Crippen molar-refractivity contribution in [1.29, 1.82) is 0 Å². The third kappa shape index (κ3) is 1.58. The summed E-state index contributed by atoms with van der Waals surface area (Å²) in [6, 6.07) is 4.99. The molecule has 1 aromatic carbocycles. The standard InChI is InChI=1S/C9H8BrN3O/c10-6-4-12-13(5-6)7-1-2-8(11)9(14)3-7/h1-5,14H,11H2. The lowest BCUT2D eigenvalue weighted by Crippen LogP contribution is -1.94. The van der Waals surface area contributed by atoms with Gasteiger partial charge < -0.3 is 10.8 Å². The second-order valence-corrected chi connectivity index (χ2v) is 3.76. The quantitative estimate of drug-likeness (QED) is 0.603. The van der Waals surface area contributed by atoms with E-state index in [0.717, 1.165) is 10.2 Å². The summed E-state index contributed by atoms with van der Waals surface area (Å²) in [5.41, 5.74) is 6.61. The van der Waals surface area contributed by atoms with Crippen molar-refractivity contribution in [1.82, 2.24) is 9.78 Å². The monoisotopic (exact) mass is 253 g/mol. The maximum Gasteiger partial charge on any atom is 0.140 e. The van der Waals surface area contributed by atoms with Gasteiger partial charge in [0.25, 0.3) is 0 Å². The van der Waals surface area contributed by atoms with Gasteiger partial charge in [0, 0.05) is 12.3 Å². The highest BCUT2D eigenvalue weighted by Crippen LogP contribution is 2.23. The van der Waals surface area contributed by atoms with E-state index >= 15 is 0 Å². The van der Waals surface area contributed by atoms with Crippen molar-refractivity contribution in [3.8, 4) is 11.4 Å². The second kappa shape index (κ2) is 3.34. The highest BCUT2D eigenvalue weighted by atomic mass is 79.9. The van der Waals surface area contributed by atoms with E-state index in [1.807, 2.05) is 0 Å². The van der Waals surface area contributed by atoms with E-state index in [1.165, 1.54) is 0 Å². The number of hydrogen-bond donors (Lipinski definition) is 2. The maximum absolute atomic E-state index is 9.39. The molecular formula is C9H8BrN3O. The number of anilines is 1. The summed E-state index contributed by atoms with van der Waals surface area (Å²) >= 11 is 3.29. The number of phenolic OH excluding ortho intramolecular Hbond substituents is 1. The fourth-order valence-corrected chi connectivity index (χ4v) is 1.40. The Morgan fingerprint density at radius 3 is 2.79 bits per heavy atom. The lowest BCUT2D eigenvalue weighted by atomic mass is 10.2. The molecule has 5 heteroatoms. The van der Waals surface area contributed by atoms with Gasteiger partial charge in [-0.2, -0.15) is 5.10 Å². The predicted octanol–water partition coefficient (Wildman–Crippen LogP) is 1.92. The Morgan fingerprint density at radius 1 is 1.43 bits per heavy atom. The molecule has 0 bridgehead atoms. The molecule has 0 aliphatic heterocycles. The van der Waals surface area contributed by atoms with Gasteiger partial charge in [0.1, 0.15) is 5.75 Å². The number of nitrogen functional groups attached to an aromatic ring is 1. The largest absolute Gasteiger partial charge is 0.506 e. The topological polar surface area (TPSA) is 64.1 Å². The number of phenols is 1. The van der Waals surface area contributed by atoms with Crippen LogP contribution in [0.1, 0.15) is 0 Å². The molecule has 0 aliphatic carbocycles. The molecule has 1 aromatic heterocycles. The molecule has 0 saturated heterocycles. The first kappa shape index (κ1) is 9.08. The smallest absolute Gasteiger partial charge is 0.140 e. The molecule has 0 fully saturated rings. The van der Waals surface area contributed by atoms with Crippen molar-refractivity contribution in [2.75, 3.05) is 5.73 Å². The summed E-state index contributed by atoms with van der Waals surface area (Å²) < 4.78 is 2.53. The average Bonchev–Trinajstić information content (AvgIpc) is 2.57.